The molecule has 3 heterocycles. The fraction of sp³-hybridized carbons (Fsp3) is 0.348. The van der Waals surface area contributed by atoms with Crippen molar-refractivity contribution in [3.63, 3.8) is 0 Å². The predicted octanol–water partition coefficient (Wildman–Crippen LogP) is 2.80. The summed E-state index contributed by atoms with van der Waals surface area (Å²) in [6.07, 6.45) is 3.24. The molecule has 1 unspecified atom stereocenters. The predicted molar refractivity (Wildman–Crippen MR) is 123 cm³/mol. The fourth-order valence-corrected chi connectivity index (χ4v) is 4.07. The monoisotopic (exact) mass is 465 g/mol. The van der Waals surface area contributed by atoms with Crippen molar-refractivity contribution in [2.45, 2.75) is 32.4 Å². The second kappa shape index (κ2) is 9.98. The SMILES string of the molecule is C[C@@H](Cn1ccc(-c2ccc(C#N)c(Cl)c2)n1)NC(=O)c1cc(C(=O)CC2CCNC2)[nH]n1. The number of H-pyrrole nitrogens is 1. The van der Waals surface area contributed by atoms with Crippen LogP contribution in [0.5, 0.6) is 0 Å². The smallest absolute Gasteiger partial charge is 0.272 e. The van der Waals surface area contributed by atoms with Crippen molar-refractivity contribution in [2.24, 2.45) is 5.92 Å². The van der Waals surface area contributed by atoms with E-state index < -0.39 is 0 Å². The number of aromatic amines is 1. The molecule has 10 heteroatoms. The van der Waals surface area contributed by atoms with Gasteiger partial charge in [0.1, 0.15) is 11.8 Å². The maximum absolute atomic E-state index is 12.6. The first kappa shape index (κ1) is 22.7. The number of hydrogen-bond acceptors (Lipinski definition) is 6. The molecule has 1 aliphatic rings. The highest BCUT2D eigenvalue weighted by atomic mass is 35.5. The molecule has 0 spiro atoms. The number of nitrogens with zero attached hydrogens (tertiary/aromatic N) is 4. The number of halogens is 1. The maximum Gasteiger partial charge on any atom is 0.272 e. The summed E-state index contributed by atoms with van der Waals surface area (Å²) < 4.78 is 1.72. The molecule has 1 amide bonds. The van der Waals surface area contributed by atoms with Crippen molar-refractivity contribution in [1.29, 1.82) is 5.26 Å². The van der Waals surface area contributed by atoms with Crippen molar-refractivity contribution in [3.8, 4) is 17.3 Å². The summed E-state index contributed by atoms with van der Waals surface area (Å²) in [5.74, 6) is -0.0563. The minimum absolute atomic E-state index is 0.0322. The Morgan fingerprint density at radius 1 is 1.36 bits per heavy atom. The Morgan fingerprint density at radius 3 is 2.94 bits per heavy atom. The number of amides is 1. The molecule has 9 nitrogen and oxygen atoms in total. The van der Waals surface area contributed by atoms with Gasteiger partial charge in [-0.15, -0.1) is 0 Å². The largest absolute Gasteiger partial charge is 0.346 e. The Labute approximate surface area is 196 Å². The van der Waals surface area contributed by atoms with Gasteiger partial charge in [-0.2, -0.15) is 15.5 Å². The first-order valence-electron chi connectivity index (χ1n) is 10.8. The highest BCUT2D eigenvalue weighted by Crippen LogP contribution is 2.24. The number of Topliss-reactive ketones (excluding diaryl/α,β-unsaturated/α-hetero) is 1. The Morgan fingerprint density at radius 2 is 2.21 bits per heavy atom. The van der Waals surface area contributed by atoms with Gasteiger partial charge >= 0.3 is 0 Å². The highest BCUT2D eigenvalue weighted by molar-refractivity contribution is 6.32. The summed E-state index contributed by atoms with van der Waals surface area (Å²) in [5, 5.41) is 26.7. The molecule has 1 fully saturated rings. The molecule has 4 rings (SSSR count). The lowest BCUT2D eigenvalue weighted by molar-refractivity contribution is 0.0929. The molecule has 2 atom stereocenters. The Kier molecular flexibility index (Phi) is 6.87. The summed E-state index contributed by atoms with van der Waals surface area (Å²) >= 11 is 6.11. The molecule has 0 saturated carbocycles. The molecular weight excluding hydrogens is 442 g/mol. The lowest BCUT2D eigenvalue weighted by atomic mass is 10.0. The average Bonchev–Trinajstić information content (AvgIpc) is 3.55. The van der Waals surface area contributed by atoms with Crippen LogP contribution in [0.25, 0.3) is 11.3 Å². The summed E-state index contributed by atoms with van der Waals surface area (Å²) in [4.78, 5) is 25.0. The Bertz CT molecular complexity index is 1200. The standard InChI is InChI=1S/C23H24ClN7O2/c1-14(13-31-7-5-19(30-31)16-2-3-17(11-25)18(24)9-16)27-23(33)21-10-20(28-29-21)22(32)8-15-4-6-26-12-15/h2-3,5,7,9-10,14-15,26H,4,6,8,12-13H2,1H3,(H,27,33)(H,28,29)/t14-,15?/m0/s1. The topological polar surface area (TPSA) is 128 Å². The van der Waals surface area contributed by atoms with Gasteiger partial charge in [-0.3, -0.25) is 19.4 Å². The van der Waals surface area contributed by atoms with E-state index in [4.69, 9.17) is 16.9 Å². The van der Waals surface area contributed by atoms with Crippen LogP contribution in [0.1, 0.15) is 46.3 Å². The van der Waals surface area contributed by atoms with Crippen LogP contribution in [-0.2, 0) is 6.54 Å². The third-order valence-electron chi connectivity index (χ3n) is 5.61. The van der Waals surface area contributed by atoms with Crippen LogP contribution < -0.4 is 10.6 Å². The molecule has 1 aliphatic heterocycles. The Hall–Kier alpha value is -3.48. The van der Waals surface area contributed by atoms with Crippen LogP contribution in [0, 0.1) is 17.2 Å². The molecular formula is C23H24ClN7O2. The second-order valence-electron chi connectivity index (χ2n) is 8.26. The van der Waals surface area contributed by atoms with Crippen molar-refractivity contribution in [3.05, 3.63) is 58.5 Å². The van der Waals surface area contributed by atoms with Crippen molar-refractivity contribution < 1.29 is 9.59 Å². The van der Waals surface area contributed by atoms with Gasteiger partial charge in [0, 0.05) is 24.2 Å². The molecule has 0 bridgehead atoms. The third kappa shape index (κ3) is 5.48. The molecule has 33 heavy (non-hydrogen) atoms. The number of ketones is 1. The summed E-state index contributed by atoms with van der Waals surface area (Å²) in [7, 11) is 0. The van der Waals surface area contributed by atoms with Gasteiger partial charge in [0.15, 0.2) is 11.5 Å². The summed E-state index contributed by atoms with van der Waals surface area (Å²) in [5.41, 5.74) is 2.47. The highest BCUT2D eigenvalue weighted by Gasteiger charge is 2.22. The van der Waals surface area contributed by atoms with Crippen LogP contribution in [0.4, 0.5) is 0 Å². The zero-order chi connectivity index (χ0) is 23.4. The van der Waals surface area contributed by atoms with Gasteiger partial charge in [0.2, 0.25) is 0 Å². The van der Waals surface area contributed by atoms with Crippen LogP contribution >= 0.6 is 11.6 Å². The van der Waals surface area contributed by atoms with Crippen molar-refractivity contribution in [2.75, 3.05) is 13.1 Å². The molecule has 0 radical (unpaired) electrons. The minimum Gasteiger partial charge on any atom is -0.346 e. The van der Waals surface area contributed by atoms with Crippen molar-refractivity contribution >= 4 is 23.3 Å². The van der Waals surface area contributed by atoms with E-state index in [-0.39, 0.29) is 23.4 Å². The fourth-order valence-electron chi connectivity index (χ4n) is 3.85. The number of carbonyl (C=O) groups is 2. The average molecular weight is 466 g/mol. The van der Waals surface area contributed by atoms with E-state index >= 15 is 0 Å². The summed E-state index contributed by atoms with van der Waals surface area (Å²) in [6, 6.07) is 10.3. The quantitative estimate of drug-likeness (QED) is 0.439. The number of benzene rings is 1. The first-order chi connectivity index (χ1) is 15.9. The number of carbonyl (C=O) groups excluding carboxylic acids is 2. The maximum atomic E-state index is 12.6. The number of rotatable bonds is 8. The van der Waals surface area contributed by atoms with Gasteiger partial charge in [-0.25, -0.2) is 0 Å². The normalized spacial score (nSPS) is 16.3. The van der Waals surface area contributed by atoms with E-state index in [9.17, 15) is 9.59 Å². The Balaban J connectivity index is 1.33. The molecule has 3 N–H and O–H groups in total. The van der Waals surface area contributed by atoms with Crippen LogP contribution in [-0.4, -0.2) is 50.8 Å². The number of hydrogen-bond donors (Lipinski definition) is 3. The molecule has 170 valence electrons. The van der Waals surface area contributed by atoms with E-state index in [1.165, 1.54) is 6.07 Å². The minimum atomic E-state index is -0.355. The molecule has 0 aliphatic carbocycles. The first-order valence-corrected chi connectivity index (χ1v) is 11.1. The van der Waals surface area contributed by atoms with Crippen molar-refractivity contribution in [1.82, 2.24) is 30.6 Å². The van der Waals surface area contributed by atoms with Gasteiger partial charge in [-0.05, 0) is 56.6 Å². The van der Waals surface area contributed by atoms with E-state index in [2.05, 4.69) is 25.9 Å². The lowest BCUT2D eigenvalue weighted by Gasteiger charge is -2.13. The van der Waals surface area contributed by atoms with Gasteiger partial charge in [-0.1, -0.05) is 17.7 Å². The van der Waals surface area contributed by atoms with E-state index in [1.807, 2.05) is 25.3 Å². The van der Waals surface area contributed by atoms with E-state index in [1.54, 1.807) is 22.9 Å². The van der Waals surface area contributed by atoms with Gasteiger partial charge in [0.25, 0.3) is 5.91 Å². The van der Waals surface area contributed by atoms with Crippen LogP contribution in [0.15, 0.2) is 36.5 Å². The molecule has 3 aromatic rings. The number of nitrogens with one attached hydrogen (secondary N) is 3. The zero-order valence-electron chi connectivity index (χ0n) is 18.1. The zero-order valence-corrected chi connectivity index (χ0v) is 18.9. The van der Waals surface area contributed by atoms with Gasteiger partial charge in [0.05, 0.1) is 22.8 Å². The molecule has 1 saturated heterocycles. The third-order valence-corrected chi connectivity index (χ3v) is 5.92. The lowest BCUT2D eigenvalue weighted by Crippen LogP contribution is -2.36. The number of nitriles is 1. The van der Waals surface area contributed by atoms with E-state index in [0.717, 1.165) is 25.1 Å². The van der Waals surface area contributed by atoms with E-state index in [0.29, 0.717) is 40.9 Å². The van der Waals surface area contributed by atoms with Crippen LogP contribution in [0.2, 0.25) is 5.02 Å². The van der Waals surface area contributed by atoms with Crippen LogP contribution in [0.3, 0.4) is 0 Å². The second-order valence-corrected chi connectivity index (χ2v) is 8.66. The van der Waals surface area contributed by atoms with Gasteiger partial charge < -0.3 is 10.6 Å². The molecule has 2 aromatic heterocycles. The number of aromatic nitrogens is 4. The molecule has 1 aromatic carbocycles. The summed E-state index contributed by atoms with van der Waals surface area (Å²) in [6.45, 7) is 4.09.